The zero-order chi connectivity index (χ0) is 29.7. The van der Waals surface area contributed by atoms with Crippen LogP contribution < -0.4 is 0 Å². The molecule has 2 unspecified atom stereocenters. The van der Waals surface area contributed by atoms with E-state index in [1.54, 1.807) is 0 Å². The molecule has 3 fully saturated rings. The lowest BCUT2D eigenvalue weighted by Gasteiger charge is -2.30. The summed E-state index contributed by atoms with van der Waals surface area (Å²) in [4.78, 5) is 93.7. The summed E-state index contributed by atoms with van der Waals surface area (Å²) in [6.45, 7) is 5.52. The second kappa shape index (κ2) is 13.8. The number of carbonyl (C=O) groups excluding carboxylic acids is 6. The van der Waals surface area contributed by atoms with Gasteiger partial charge in [0.05, 0.1) is 22.8 Å². The minimum Gasteiger partial charge on any atom is -0.480 e. The van der Waals surface area contributed by atoms with Crippen LogP contribution in [0.15, 0.2) is 0 Å². The minimum atomic E-state index is -1.10. The van der Waals surface area contributed by atoms with E-state index in [9.17, 15) is 33.6 Å². The largest absolute Gasteiger partial charge is 0.480 e. The molecule has 0 spiro atoms. The van der Waals surface area contributed by atoms with Gasteiger partial charge in [-0.05, 0) is 43.8 Å². The lowest BCUT2D eigenvalue weighted by atomic mass is 9.82. The Morgan fingerprint density at radius 2 is 1.60 bits per heavy atom. The van der Waals surface area contributed by atoms with Gasteiger partial charge >= 0.3 is 11.9 Å². The average Bonchev–Trinajstić information content (AvgIpc) is 3.31. The quantitative estimate of drug-likeness (QED) is 0.325. The lowest BCUT2D eigenvalue weighted by molar-refractivity contribution is -0.201. The van der Waals surface area contributed by atoms with Crippen molar-refractivity contribution in [1.82, 2.24) is 14.9 Å². The van der Waals surface area contributed by atoms with Gasteiger partial charge in [0.15, 0.2) is 0 Å². The van der Waals surface area contributed by atoms with Crippen LogP contribution in [-0.2, 0) is 38.4 Å². The summed E-state index contributed by atoms with van der Waals surface area (Å²) < 4.78 is 0. The van der Waals surface area contributed by atoms with Crippen molar-refractivity contribution in [3.8, 4) is 0 Å². The van der Waals surface area contributed by atoms with Crippen molar-refractivity contribution in [3.05, 3.63) is 0 Å². The maximum absolute atomic E-state index is 12.9. The van der Waals surface area contributed by atoms with E-state index in [1.807, 2.05) is 13.8 Å². The van der Waals surface area contributed by atoms with Crippen molar-refractivity contribution in [1.29, 1.82) is 0 Å². The molecule has 2 aliphatic heterocycles. The number of imide groups is 2. The molecule has 14 heteroatoms. The number of carboxylic acids is 1. The summed E-state index contributed by atoms with van der Waals surface area (Å²) in [5.74, 6) is -3.81. The Hall–Kier alpha value is -2.61. The highest BCUT2D eigenvalue weighted by atomic mass is 32.2. The normalized spacial score (nSPS) is 26.0. The van der Waals surface area contributed by atoms with Crippen molar-refractivity contribution in [2.24, 2.45) is 11.8 Å². The highest BCUT2D eigenvalue weighted by Gasteiger charge is 2.44. The monoisotopic (exact) mass is 599 g/mol. The van der Waals surface area contributed by atoms with Gasteiger partial charge in [0.1, 0.15) is 6.04 Å². The number of hydrogen-bond acceptors (Lipinski definition) is 10. The van der Waals surface area contributed by atoms with Crippen molar-refractivity contribution >= 4 is 65.0 Å². The van der Waals surface area contributed by atoms with Crippen LogP contribution in [0.3, 0.4) is 0 Å². The van der Waals surface area contributed by atoms with Crippen LogP contribution in [0.4, 0.5) is 0 Å². The van der Waals surface area contributed by atoms with Gasteiger partial charge in [-0.3, -0.25) is 28.9 Å². The number of likely N-dealkylation sites (tertiary alicyclic amines) is 1. The van der Waals surface area contributed by atoms with Gasteiger partial charge in [-0.25, -0.2) is 9.59 Å². The zero-order valence-electron chi connectivity index (χ0n) is 23.2. The number of thioether (sulfide) groups is 2. The fraction of sp³-hybridized carbons (Fsp3) is 0.731. The van der Waals surface area contributed by atoms with E-state index in [0.29, 0.717) is 36.5 Å². The molecule has 1 saturated carbocycles. The molecule has 3 atom stereocenters. The van der Waals surface area contributed by atoms with Crippen LogP contribution in [0, 0.1) is 11.8 Å². The number of carboxylic acid groups (broad SMARTS) is 1. The molecule has 0 aromatic heterocycles. The summed E-state index contributed by atoms with van der Waals surface area (Å²) in [6, 6.07) is -0.953. The van der Waals surface area contributed by atoms with Crippen LogP contribution in [-0.4, -0.2) is 103 Å². The van der Waals surface area contributed by atoms with Gasteiger partial charge in [0.2, 0.25) is 17.7 Å². The summed E-state index contributed by atoms with van der Waals surface area (Å²) in [6.07, 6.45) is 2.22. The summed E-state index contributed by atoms with van der Waals surface area (Å²) in [5.41, 5.74) is 0. The van der Waals surface area contributed by atoms with E-state index in [0.717, 1.165) is 4.90 Å². The van der Waals surface area contributed by atoms with Crippen LogP contribution >= 0.6 is 23.5 Å². The number of hydroxylamine groups is 2. The van der Waals surface area contributed by atoms with E-state index < -0.39 is 46.2 Å². The van der Waals surface area contributed by atoms with E-state index in [2.05, 4.69) is 0 Å². The standard InChI is InChI=1S/C26H37N3O9S2/c1-14(2)40-19-12-22(32)29(24(19)34)38-26(37)17-7-5-16(6-8-17)13-28-21(31)11-18(23(28)33)39-10-9-20(30)27(4)15(3)25(35)36/h14-19H,5-13H2,1-4H3,(H,35,36)/t15-,16?,17?,18?,19?/m0/s1. The number of aliphatic carboxylic acids is 1. The Kier molecular flexibility index (Phi) is 11.0. The molecule has 12 nitrogen and oxygen atoms in total. The smallest absolute Gasteiger partial charge is 0.336 e. The second-order valence-electron chi connectivity index (χ2n) is 10.7. The van der Waals surface area contributed by atoms with Gasteiger partial charge in [0.25, 0.3) is 11.8 Å². The van der Waals surface area contributed by atoms with Crippen molar-refractivity contribution in [2.75, 3.05) is 19.3 Å². The first-order valence-corrected chi connectivity index (χ1v) is 15.5. The molecule has 1 aliphatic carbocycles. The number of amides is 5. The number of nitrogens with zero attached hydrogens (tertiary/aromatic N) is 3. The summed E-state index contributed by atoms with van der Waals surface area (Å²) in [7, 11) is 1.42. The zero-order valence-corrected chi connectivity index (χ0v) is 24.8. The number of hydrogen-bond donors (Lipinski definition) is 1. The molecular weight excluding hydrogens is 562 g/mol. The first-order valence-electron chi connectivity index (χ1n) is 13.5. The molecule has 0 radical (unpaired) electrons. The molecule has 0 aromatic carbocycles. The Bertz CT molecular complexity index is 1040. The highest BCUT2D eigenvalue weighted by molar-refractivity contribution is 8.01. The van der Waals surface area contributed by atoms with Gasteiger partial charge in [-0.15, -0.1) is 28.6 Å². The molecule has 2 heterocycles. The first-order chi connectivity index (χ1) is 18.8. The van der Waals surface area contributed by atoms with E-state index >= 15 is 0 Å². The predicted octanol–water partition coefficient (Wildman–Crippen LogP) is 1.70. The molecule has 0 bridgehead atoms. The van der Waals surface area contributed by atoms with Crippen LogP contribution in [0.25, 0.3) is 0 Å². The Labute approximate surface area is 241 Å². The Morgan fingerprint density at radius 1 is 0.975 bits per heavy atom. The summed E-state index contributed by atoms with van der Waals surface area (Å²) in [5, 5.41) is 8.67. The van der Waals surface area contributed by atoms with E-state index in [1.165, 1.54) is 42.4 Å². The third-order valence-electron chi connectivity index (χ3n) is 7.47. The van der Waals surface area contributed by atoms with Gasteiger partial charge < -0.3 is 14.8 Å². The van der Waals surface area contributed by atoms with Gasteiger partial charge in [-0.1, -0.05) is 13.8 Å². The SMILES string of the molecule is CC(C)SC1CC(=O)N(OC(=O)C2CCC(CN3C(=O)CC(SCCC(=O)N(C)[C@@H](C)C(=O)O)C3=O)CC2)C1=O. The highest BCUT2D eigenvalue weighted by Crippen LogP contribution is 2.34. The van der Waals surface area contributed by atoms with E-state index in [4.69, 9.17) is 9.94 Å². The summed E-state index contributed by atoms with van der Waals surface area (Å²) >= 11 is 2.58. The van der Waals surface area contributed by atoms with Crippen LogP contribution in [0.2, 0.25) is 0 Å². The molecule has 0 aromatic rings. The molecule has 3 rings (SSSR count). The van der Waals surface area contributed by atoms with Crippen molar-refractivity contribution < 1.29 is 43.5 Å². The molecule has 2 saturated heterocycles. The molecule has 3 aliphatic rings. The van der Waals surface area contributed by atoms with Gasteiger partial charge in [0, 0.05) is 32.2 Å². The lowest BCUT2D eigenvalue weighted by Crippen LogP contribution is -2.40. The van der Waals surface area contributed by atoms with E-state index in [-0.39, 0.29) is 54.7 Å². The van der Waals surface area contributed by atoms with Crippen LogP contribution in [0.1, 0.15) is 65.7 Å². The average molecular weight is 600 g/mol. The number of likely N-dealkylation sites (N-methyl/N-ethyl adjacent to an activating group) is 1. The first kappa shape index (κ1) is 31.9. The molecule has 40 heavy (non-hydrogen) atoms. The maximum Gasteiger partial charge on any atom is 0.336 e. The third kappa shape index (κ3) is 7.77. The van der Waals surface area contributed by atoms with Crippen molar-refractivity contribution in [3.63, 3.8) is 0 Å². The molecule has 222 valence electrons. The Balaban J connectivity index is 1.42. The third-order valence-corrected chi connectivity index (χ3v) is 9.92. The van der Waals surface area contributed by atoms with Crippen molar-refractivity contribution in [2.45, 2.75) is 87.5 Å². The van der Waals surface area contributed by atoms with Crippen LogP contribution in [0.5, 0.6) is 0 Å². The molecular formula is C26H37N3O9S2. The fourth-order valence-electron chi connectivity index (χ4n) is 4.94. The minimum absolute atomic E-state index is 0.0101. The topological polar surface area (TPSA) is 159 Å². The predicted molar refractivity (Wildman–Crippen MR) is 147 cm³/mol. The van der Waals surface area contributed by atoms with Gasteiger partial charge in [-0.2, -0.15) is 0 Å². The number of rotatable bonds is 12. The second-order valence-corrected chi connectivity index (χ2v) is 13.8. The molecule has 1 N–H and O–H groups in total. The number of carbonyl (C=O) groups is 7. The molecule has 5 amide bonds. The Morgan fingerprint density at radius 3 is 2.20 bits per heavy atom. The fourth-order valence-corrected chi connectivity index (χ4v) is 7.15. The maximum atomic E-state index is 12.9.